The van der Waals surface area contributed by atoms with E-state index >= 15 is 0 Å². The normalized spacial score (nSPS) is 17.9. The molecule has 0 spiro atoms. The second-order valence-electron chi connectivity index (χ2n) is 7.95. The maximum Gasteiger partial charge on any atom is 0.253 e. The lowest BCUT2D eigenvalue weighted by molar-refractivity contribution is 0.0746. The molecule has 1 amide bonds. The largest absolute Gasteiger partial charge is 0.353 e. The number of amides is 1. The van der Waals surface area contributed by atoms with Gasteiger partial charge >= 0.3 is 0 Å². The first-order chi connectivity index (χ1) is 14.5. The number of carbonyl (C=O) groups is 2. The predicted octanol–water partition coefficient (Wildman–Crippen LogP) is 1.39. The first-order valence-electron chi connectivity index (χ1n) is 10.4. The van der Waals surface area contributed by atoms with Gasteiger partial charge in [0, 0.05) is 63.5 Å². The molecule has 0 unspecified atom stereocenters. The molecular weight excluding hydrogens is 380 g/mol. The molecule has 8 heteroatoms. The van der Waals surface area contributed by atoms with Crippen LogP contribution in [0.3, 0.4) is 0 Å². The summed E-state index contributed by atoms with van der Waals surface area (Å²) < 4.78 is 0. The highest BCUT2D eigenvalue weighted by molar-refractivity contribution is 5.97. The smallest absolute Gasteiger partial charge is 0.253 e. The Morgan fingerprint density at radius 2 is 1.17 bits per heavy atom. The van der Waals surface area contributed by atoms with E-state index in [4.69, 9.17) is 0 Å². The number of anilines is 2. The summed E-state index contributed by atoms with van der Waals surface area (Å²) in [6, 6.07) is 11.0. The monoisotopic (exact) mass is 408 g/mol. The zero-order valence-electron chi connectivity index (χ0n) is 17.6. The van der Waals surface area contributed by atoms with Gasteiger partial charge in [-0.25, -0.2) is 0 Å². The molecule has 30 heavy (non-hydrogen) atoms. The summed E-state index contributed by atoms with van der Waals surface area (Å²) >= 11 is 0. The van der Waals surface area contributed by atoms with Gasteiger partial charge in [-0.3, -0.25) is 9.59 Å². The first kappa shape index (κ1) is 20.3. The number of benzene rings is 1. The Balaban J connectivity index is 1.32. The van der Waals surface area contributed by atoms with Gasteiger partial charge in [-0.2, -0.15) is 0 Å². The van der Waals surface area contributed by atoms with E-state index in [2.05, 4.69) is 31.9 Å². The molecule has 0 radical (unpaired) electrons. The molecule has 2 fully saturated rings. The lowest BCUT2D eigenvalue weighted by Crippen LogP contribution is -2.49. The van der Waals surface area contributed by atoms with Crippen LogP contribution in [-0.2, 0) is 0 Å². The number of aromatic nitrogens is 2. The molecular formula is C22H28N6O2. The van der Waals surface area contributed by atoms with Crippen LogP contribution in [0, 0.1) is 0 Å². The van der Waals surface area contributed by atoms with Gasteiger partial charge in [0.15, 0.2) is 17.4 Å². The van der Waals surface area contributed by atoms with E-state index in [0.717, 1.165) is 50.9 Å². The number of piperazine rings is 2. The van der Waals surface area contributed by atoms with Gasteiger partial charge in [0.1, 0.15) is 0 Å². The van der Waals surface area contributed by atoms with Gasteiger partial charge in [0.25, 0.3) is 5.91 Å². The summed E-state index contributed by atoms with van der Waals surface area (Å²) in [6.45, 7) is 8.26. The third-order valence-electron chi connectivity index (χ3n) is 5.89. The molecule has 2 aliphatic heterocycles. The predicted molar refractivity (Wildman–Crippen MR) is 116 cm³/mol. The summed E-state index contributed by atoms with van der Waals surface area (Å²) in [5.41, 5.74) is 1.24. The molecule has 0 atom stereocenters. The molecule has 8 nitrogen and oxygen atoms in total. The molecule has 3 heterocycles. The van der Waals surface area contributed by atoms with Crippen LogP contribution in [0.25, 0.3) is 0 Å². The Bertz CT molecular complexity index is 883. The first-order valence-corrected chi connectivity index (χ1v) is 10.4. The number of hydrogen-bond acceptors (Lipinski definition) is 7. The van der Waals surface area contributed by atoms with Crippen molar-refractivity contribution in [1.82, 2.24) is 20.0 Å². The standard InChI is InChI=1S/C22H28N6O2/c1-17(29)18-3-5-19(6-4-18)22(30)28-15-13-27(14-16-28)21-8-7-20(23-24-21)26-11-9-25(2)10-12-26/h3-8H,9-16H2,1-2H3. The van der Waals surface area contributed by atoms with E-state index in [1.807, 2.05) is 17.0 Å². The third kappa shape index (κ3) is 4.43. The molecule has 2 aliphatic rings. The Hall–Kier alpha value is -3.00. The third-order valence-corrected chi connectivity index (χ3v) is 5.89. The summed E-state index contributed by atoms with van der Waals surface area (Å²) in [5.74, 6) is 1.78. The maximum atomic E-state index is 12.8. The summed E-state index contributed by atoms with van der Waals surface area (Å²) in [4.78, 5) is 32.8. The number of nitrogens with zero attached hydrogens (tertiary/aromatic N) is 6. The van der Waals surface area contributed by atoms with Crippen molar-refractivity contribution in [2.24, 2.45) is 0 Å². The number of likely N-dealkylation sites (N-methyl/N-ethyl adjacent to an activating group) is 1. The van der Waals surface area contributed by atoms with Gasteiger partial charge in [-0.1, -0.05) is 12.1 Å². The minimum atomic E-state index is 0.00116. The van der Waals surface area contributed by atoms with E-state index in [0.29, 0.717) is 24.2 Å². The number of Topliss-reactive ketones (excluding diaryl/α,β-unsaturated/α-hetero) is 1. The number of carbonyl (C=O) groups excluding carboxylic acids is 2. The molecule has 2 aromatic rings. The average Bonchev–Trinajstić information content (AvgIpc) is 2.79. The molecule has 2 saturated heterocycles. The fourth-order valence-corrected chi connectivity index (χ4v) is 3.86. The van der Waals surface area contributed by atoms with Crippen molar-refractivity contribution >= 4 is 23.3 Å². The average molecular weight is 409 g/mol. The van der Waals surface area contributed by atoms with Crippen LogP contribution in [0.4, 0.5) is 11.6 Å². The van der Waals surface area contributed by atoms with Gasteiger partial charge in [-0.05, 0) is 38.2 Å². The molecule has 1 aromatic carbocycles. The Labute approximate surface area is 177 Å². The van der Waals surface area contributed by atoms with Crippen molar-refractivity contribution in [2.75, 3.05) is 69.2 Å². The van der Waals surface area contributed by atoms with Crippen molar-refractivity contribution in [3.8, 4) is 0 Å². The topological polar surface area (TPSA) is 72.9 Å². The lowest BCUT2D eigenvalue weighted by atomic mass is 10.1. The molecule has 1 aromatic heterocycles. The quantitative estimate of drug-likeness (QED) is 0.708. The fraction of sp³-hybridized carbons (Fsp3) is 0.455. The van der Waals surface area contributed by atoms with Crippen LogP contribution in [0.5, 0.6) is 0 Å². The number of hydrogen-bond donors (Lipinski definition) is 0. The van der Waals surface area contributed by atoms with Crippen LogP contribution in [0.15, 0.2) is 36.4 Å². The van der Waals surface area contributed by atoms with Crippen molar-refractivity contribution in [3.05, 3.63) is 47.5 Å². The Morgan fingerprint density at radius 1 is 0.700 bits per heavy atom. The minimum Gasteiger partial charge on any atom is -0.353 e. The molecule has 0 saturated carbocycles. The second kappa shape index (κ2) is 8.79. The second-order valence-corrected chi connectivity index (χ2v) is 7.95. The van der Waals surface area contributed by atoms with Crippen LogP contribution in [0.2, 0.25) is 0 Å². The van der Waals surface area contributed by atoms with Crippen LogP contribution < -0.4 is 9.80 Å². The van der Waals surface area contributed by atoms with Crippen molar-refractivity contribution in [3.63, 3.8) is 0 Å². The summed E-state index contributed by atoms with van der Waals surface area (Å²) in [5, 5.41) is 8.87. The molecule has 0 aliphatic carbocycles. The lowest BCUT2D eigenvalue weighted by Gasteiger charge is -2.36. The highest BCUT2D eigenvalue weighted by Gasteiger charge is 2.23. The fourth-order valence-electron chi connectivity index (χ4n) is 3.86. The zero-order chi connectivity index (χ0) is 21.1. The molecule has 158 valence electrons. The SMILES string of the molecule is CC(=O)c1ccc(C(=O)N2CCN(c3ccc(N4CCN(C)CC4)nn3)CC2)cc1. The molecule has 0 bridgehead atoms. The zero-order valence-corrected chi connectivity index (χ0v) is 17.6. The molecule has 0 N–H and O–H groups in total. The van der Waals surface area contributed by atoms with Crippen molar-refractivity contribution in [2.45, 2.75) is 6.92 Å². The highest BCUT2D eigenvalue weighted by Crippen LogP contribution is 2.18. The van der Waals surface area contributed by atoms with Crippen molar-refractivity contribution < 1.29 is 9.59 Å². The summed E-state index contributed by atoms with van der Waals surface area (Å²) in [7, 11) is 2.14. The summed E-state index contributed by atoms with van der Waals surface area (Å²) in [6.07, 6.45) is 0. The van der Waals surface area contributed by atoms with E-state index in [9.17, 15) is 9.59 Å². The van der Waals surface area contributed by atoms with Crippen molar-refractivity contribution in [1.29, 1.82) is 0 Å². The van der Waals surface area contributed by atoms with E-state index in [-0.39, 0.29) is 11.7 Å². The maximum absolute atomic E-state index is 12.8. The van der Waals surface area contributed by atoms with Gasteiger partial charge < -0.3 is 19.6 Å². The van der Waals surface area contributed by atoms with E-state index in [1.165, 1.54) is 6.92 Å². The van der Waals surface area contributed by atoms with Gasteiger partial charge in [0.05, 0.1) is 0 Å². The van der Waals surface area contributed by atoms with Crippen LogP contribution in [0.1, 0.15) is 27.6 Å². The molecule has 4 rings (SSSR count). The van der Waals surface area contributed by atoms with E-state index < -0.39 is 0 Å². The van der Waals surface area contributed by atoms with Crippen LogP contribution in [-0.4, -0.2) is 91.1 Å². The minimum absolute atomic E-state index is 0.00116. The van der Waals surface area contributed by atoms with E-state index in [1.54, 1.807) is 24.3 Å². The Kier molecular flexibility index (Phi) is 5.94. The Morgan fingerprint density at radius 3 is 1.63 bits per heavy atom. The van der Waals surface area contributed by atoms with Gasteiger partial charge in [0.2, 0.25) is 0 Å². The number of rotatable bonds is 4. The number of ketones is 1. The van der Waals surface area contributed by atoms with Gasteiger partial charge in [-0.15, -0.1) is 10.2 Å². The highest BCUT2D eigenvalue weighted by atomic mass is 16.2. The van der Waals surface area contributed by atoms with Crippen LogP contribution >= 0.6 is 0 Å².